The molecule has 5 heterocycles. The van der Waals surface area contributed by atoms with Crippen LogP contribution in [0.2, 0.25) is 19.6 Å². The summed E-state index contributed by atoms with van der Waals surface area (Å²) in [5.74, 6) is -0.574. The van der Waals surface area contributed by atoms with Gasteiger partial charge in [-0.3, -0.25) is 0 Å². The number of aryl methyl sites for hydroxylation is 2. The van der Waals surface area contributed by atoms with Crippen LogP contribution >= 0.6 is 0 Å². The number of hydrogen-bond acceptors (Lipinski definition) is 5. The summed E-state index contributed by atoms with van der Waals surface area (Å²) in [6.07, 6.45) is 2.59. The van der Waals surface area contributed by atoms with E-state index in [0.717, 1.165) is 22.0 Å². The van der Waals surface area contributed by atoms with Gasteiger partial charge in [-0.15, -0.1) is 47.0 Å². The molecule has 0 aliphatic rings. The normalized spacial score (nSPS) is 16.0. The Morgan fingerprint density at radius 3 is 2.12 bits per heavy atom. The fraction of sp³-hybridized carbons (Fsp3) is 0.395. The molecule has 0 amide bonds. The molecule has 0 aliphatic heterocycles. The van der Waals surface area contributed by atoms with Crippen molar-refractivity contribution in [2.45, 2.75) is 100.0 Å². The number of nitrogens with zero attached hydrogens (tertiary/aromatic N) is 4. The van der Waals surface area contributed by atoms with Crippen molar-refractivity contribution in [3.05, 3.63) is 101 Å². The summed E-state index contributed by atoms with van der Waals surface area (Å²) in [6.45, 7) is 15.6. The van der Waals surface area contributed by atoms with Crippen molar-refractivity contribution in [1.82, 2.24) is 19.9 Å². The van der Waals surface area contributed by atoms with E-state index in [4.69, 9.17) is 18.1 Å². The van der Waals surface area contributed by atoms with E-state index < -0.39 is 40.4 Å². The van der Waals surface area contributed by atoms with Gasteiger partial charge in [-0.2, -0.15) is 0 Å². The van der Waals surface area contributed by atoms with Crippen molar-refractivity contribution in [2.75, 3.05) is 0 Å². The molecule has 0 N–H and O–H groups in total. The third kappa shape index (κ3) is 9.42. The molecule has 0 unspecified atom stereocenters. The Bertz CT molecular complexity index is 2470. The fourth-order valence-corrected chi connectivity index (χ4v) is 6.75. The summed E-state index contributed by atoms with van der Waals surface area (Å²) in [6, 6.07) is 17.6. The first-order valence-corrected chi connectivity index (χ1v) is 20.1. The third-order valence-corrected chi connectivity index (χ3v) is 9.89. The van der Waals surface area contributed by atoms with Crippen LogP contribution in [0.1, 0.15) is 90.1 Å². The van der Waals surface area contributed by atoms with Crippen LogP contribution in [0, 0.1) is 37.8 Å². The molecular weight excluding hydrogens is 809 g/mol. The fourth-order valence-electron chi connectivity index (χ4n) is 5.34. The Morgan fingerprint density at radius 1 is 0.820 bits per heavy atom. The Morgan fingerprint density at radius 2 is 1.50 bits per heavy atom. The van der Waals surface area contributed by atoms with Crippen molar-refractivity contribution < 1.29 is 38.2 Å². The monoisotopic (exact) mass is 871 g/mol. The largest absolute Gasteiger partial charge is 0.467 e. The molecule has 5 nitrogen and oxygen atoms in total. The van der Waals surface area contributed by atoms with Crippen LogP contribution in [0.4, 0.5) is 0 Å². The van der Waals surface area contributed by atoms with Gasteiger partial charge in [-0.25, -0.2) is 4.98 Å². The van der Waals surface area contributed by atoms with Crippen LogP contribution in [0.15, 0.2) is 65.3 Å². The second kappa shape index (κ2) is 15.8. The van der Waals surface area contributed by atoms with Crippen LogP contribution in [0.25, 0.3) is 44.7 Å². The van der Waals surface area contributed by atoms with E-state index in [1.54, 1.807) is 26.0 Å². The minimum Gasteiger partial charge on any atom is -0.467 e. The molecule has 0 saturated carbocycles. The van der Waals surface area contributed by atoms with E-state index in [1.165, 1.54) is 23.9 Å². The number of rotatable bonds is 7. The zero-order valence-electron chi connectivity index (χ0n) is 40.5. The van der Waals surface area contributed by atoms with Gasteiger partial charge in [-0.1, -0.05) is 91.4 Å². The summed E-state index contributed by atoms with van der Waals surface area (Å²) in [4.78, 5) is 17.2. The Labute approximate surface area is 328 Å². The Hall–Kier alpha value is -3.51. The first-order valence-electron chi connectivity index (χ1n) is 21.6. The molecule has 0 atom stereocenters. The summed E-state index contributed by atoms with van der Waals surface area (Å²) < 4.78 is 85.8. The van der Waals surface area contributed by atoms with Crippen LogP contribution in [0.5, 0.6) is 0 Å². The number of hydrogen-bond donors (Lipinski definition) is 0. The maximum Gasteiger partial charge on any atom is 0.217 e. The SMILES string of the molecule is [2H]C([2H])([2H])c1ccc2c(n1)oc1n[c-]c(-c3cc(C([2H])([2H])C(C)C)c(C([2H])([2H])[2H])cn3)cc12.[2H]C([2H])(c1cc(-c2[c-]cc(C(C)(C)C)cc2)ncc1[Si](C)(C)C)C(C)C.[Ir]. The van der Waals surface area contributed by atoms with Gasteiger partial charge in [0.05, 0.1) is 8.07 Å². The second-order valence-corrected chi connectivity index (χ2v) is 20.0. The minimum absolute atomic E-state index is 0. The van der Waals surface area contributed by atoms with Gasteiger partial charge in [-0.05, 0) is 89.6 Å². The molecule has 265 valence electrons. The van der Waals surface area contributed by atoms with E-state index in [-0.39, 0.29) is 59.7 Å². The number of pyridine rings is 4. The van der Waals surface area contributed by atoms with E-state index in [0.29, 0.717) is 22.0 Å². The van der Waals surface area contributed by atoms with Crippen molar-refractivity contribution in [3.8, 4) is 22.5 Å². The summed E-state index contributed by atoms with van der Waals surface area (Å²) >= 11 is 0. The van der Waals surface area contributed by atoms with Crippen molar-refractivity contribution >= 4 is 35.5 Å². The summed E-state index contributed by atoms with van der Waals surface area (Å²) in [5, 5.41) is 2.21. The number of aromatic nitrogens is 4. The first kappa shape index (κ1) is 27.2. The topological polar surface area (TPSA) is 64.7 Å². The van der Waals surface area contributed by atoms with E-state index >= 15 is 0 Å². The van der Waals surface area contributed by atoms with Crippen molar-refractivity contribution in [3.63, 3.8) is 0 Å². The molecule has 1 radical (unpaired) electrons. The van der Waals surface area contributed by atoms with Crippen LogP contribution in [-0.2, 0) is 38.3 Å². The molecule has 0 bridgehead atoms. The quantitative estimate of drug-likeness (QED) is 0.118. The zero-order chi connectivity index (χ0) is 44.3. The Kier molecular flexibility index (Phi) is 8.59. The molecule has 6 rings (SSSR count). The average Bonchev–Trinajstić information content (AvgIpc) is 3.50. The van der Waals surface area contributed by atoms with Crippen LogP contribution < -0.4 is 5.19 Å². The van der Waals surface area contributed by atoms with E-state index in [2.05, 4.69) is 78.7 Å². The molecule has 5 aromatic heterocycles. The zero-order valence-corrected chi connectivity index (χ0v) is 33.9. The van der Waals surface area contributed by atoms with Crippen LogP contribution in [0.3, 0.4) is 0 Å². The maximum absolute atomic E-state index is 8.67. The Balaban J connectivity index is 0.000000268. The molecule has 0 saturated heterocycles. The third-order valence-electron chi connectivity index (χ3n) is 7.88. The molecule has 1 aromatic carbocycles. The first-order chi connectivity index (χ1) is 26.9. The molecular formula is C43H52IrN4OSi-2. The number of fused-ring (bicyclic) bond motifs is 3. The molecule has 50 heavy (non-hydrogen) atoms. The number of furan rings is 1. The average molecular weight is 871 g/mol. The van der Waals surface area contributed by atoms with Gasteiger partial charge < -0.3 is 19.4 Å². The van der Waals surface area contributed by atoms with Crippen molar-refractivity contribution in [1.29, 1.82) is 0 Å². The van der Waals surface area contributed by atoms with Crippen LogP contribution in [-0.4, -0.2) is 28.0 Å². The molecule has 7 heteroatoms. The summed E-state index contributed by atoms with van der Waals surface area (Å²) in [7, 11) is -1.70. The van der Waals surface area contributed by atoms with E-state index in [9.17, 15) is 0 Å². The van der Waals surface area contributed by atoms with Gasteiger partial charge in [0.1, 0.15) is 5.71 Å². The molecule has 0 fully saturated rings. The van der Waals surface area contributed by atoms with Gasteiger partial charge in [0.2, 0.25) is 5.71 Å². The maximum atomic E-state index is 8.67. The smallest absolute Gasteiger partial charge is 0.217 e. The van der Waals surface area contributed by atoms with Gasteiger partial charge in [0.15, 0.2) is 0 Å². The van der Waals surface area contributed by atoms with Crippen molar-refractivity contribution in [2.24, 2.45) is 11.8 Å². The predicted octanol–water partition coefficient (Wildman–Crippen LogP) is 10.6. The van der Waals surface area contributed by atoms with Gasteiger partial charge >= 0.3 is 0 Å². The molecule has 0 spiro atoms. The minimum atomic E-state index is -2.53. The van der Waals surface area contributed by atoms with Gasteiger partial charge in [0.25, 0.3) is 0 Å². The molecule has 6 aromatic rings. The summed E-state index contributed by atoms with van der Waals surface area (Å²) in [5.41, 5.74) is 4.67. The van der Waals surface area contributed by atoms with Gasteiger partial charge in [0, 0.05) is 57.3 Å². The second-order valence-electron chi connectivity index (χ2n) is 15.0. The van der Waals surface area contributed by atoms with E-state index in [1.807, 2.05) is 38.2 Å². The predicted molar refractivity (Wildman–Crippen MR) is 208 cm³/mol. The molecule has 0 aliphatic carbocycles. The number of benzene rings is 1. The standard InChI is InChI=1S/C22H32NSi.C21H20N3O.Ir/c1-16(2)13-18-14-20(23-15-21(18)24(6,7)8)17-9-11-19(12-10-17)22(3,4)5;1-12(2)7-15-9-19(22-10-13(15)3)16-8-18-17-6-5-14(4)24-21(17)25-20(18)23-11-16;/h9,11-12,14-16H,13H2,1-8H3;5-6,8-10,12H,7H2,1-4H3;/q2*-1;/i13D2;3D3,4D3,7D2;.